The van der Waals surface area contributed by atoms with Crippen LogP contribution >= 0.6 is 23.8 Å². The highest BCUT2D eigenvalue weighted by Gasteiger charge is 2.35. The van der Waals surface area contributed by atoms with Crippen LogP contribution in [0.5, 0.6) is 0 Å². The molecule has 0 atom stereocenters. The zero-order chi connectivity index (χ0) is 17.6. The van der Waals surface area contributed by atoms with Gasteiger partial charge in [-0.15, -0.1) is 0 Å². The van der Waals surface area contributed by atoms with Gasteiger partial charge in [-0.2, -0.15) is 0 Å². The van der Waals surface area contributed by atoms with Crippen molar-refractivity contribution in [1.82, 2.24) is 9.47 Å². The van der Waals surface area contributed by atoms with E-state index in [1.54, 1.807) is 22.6 Å². The molecule has 1 amide bonds. The maximum absolute atomic E-state index is 12.6. The standard InChI is InChI=1S/C18H15ClN2O3S/c1-23-8-2-7-20-17(22)14-10-16-13(21(14)18(20)25)9-15(24-16)11-3-5-12(19)6-4-11/h3-6,9-10H,2,7-8H2,1H3. The number of ether oxygens (including phenoxy) is 1. The number of amides is 1. The third-order valence-electron chi connectivity index (χ3n) is 4.24. The van der Waals surface area contributed by atoms with Crippen molar-refractivity contribution in [3.05, 3.63) is 47.1 Å². The molecule has 0 saturated carbocycles. The van der Waals surface area contributed by atoms with Crippen LogP contribution in [0.1, 0.15) is 16.9 Å². The molecule has 0 unspecified atom stereocenters. The summed E-state index contributed by atoms with van der Waals surface area (Å²) in [4.78, 5) is 14.2. The highest BCUT2D eigenvalue weighted by molar-refractivity contribution is 7.80. The summed E-state index contributed by atoms with van der Waals surface area (Å²) in [5.41, 5.74) is 2.90. The Labute approximate surface area is 154 Å². The van der Waals surface area contributed by atoms with Gasteiger partial charge in [-0.3, -0.25) is 14.3 Å². The second-order valence-corrected chi connectivity index (χ2v) is 6.62. The molecule has 1 aliphatic heterocycles. The molecule has 0 aliphatic carbocycles. The summed E-state index contributed by atoms with van der Waals surface area (Å²) in [7, 11) is 1.64. The zero-order valence-corrected chi connectivity index (χ0v) is 15.1. The number of benzene rings is 1. The van der Waals surface area contributed by atoms with Crippen molar-refractivity contribution in [3.8, 4) is 11.3 Å². The van der Waals surface area contributed by atoms with Crippen LogP contribution in [-0.2, 0) is 4.74 Å². The second kappa shape index (κ2) is 6.29. The molecule has 0 saturated heterocycles. The first-order chi connectivity index (χ1) is 12.1. The summed E-state index contributed by atoms with van der Waals surface area (Å²) >= 11 is 11.4. The third kappa shape index (κ3) is 2.66. The fourth-order valence-corrected chi connectivity index (χ4v) is 3.52. The van der Waals surface area contributed by atoms with E-state index in [2.05, 4.69) is 0 Å². The van der Waals surface area contributed by atoms with Gasteiger partial charge in [-0.05, 0) is 42.9 Å². The quantitative estimate of drug-likeness (QED) is 0.496. The number of nitrogens with zero attached hydrogens (tertiary/aromatic N) is 2. The lowest BCUT2D eigenvalue weighted by Crippen LogP contribution is -2.32. The molecule has 3 heterocycles. The number of thiocarbonyl (C=S) groups is 1. The first kappa shape index (κ1) is 16.3. The Balaban J connectivity index is 1.70. The maximum Gasteiger partial charge on any atom is 0.277 e. The fourth-order valence-electron chi connectivity index (χ4n) is 3.02. The first-order valence-electron chi connectivity index (χ1n) is 7.86. The Morgan fingerprint density at radius 1 is 1.24 bits per heavy atom. The van der Waals surface area contributed by atoms with Crippen LogP contribution < -0.4 is 0 Å². The predicted molar refractivity (Wildman–Crippen MR) is 100 cm³/mol. The lowest BCUT2D eigenvalue weighted by molar-refractivity contribution is 0.0850. The molecule has 2 aromatic heterocycles. The third-order valence-corrected chi connectivity index (χ3v) is 4.89. The SMILES string of the molecule is COCCCN1C(=O)c2cc3oc(-c4ccc(Cl)cc4)cc3n2C1=S. The van der Waals surface area contributed by atoms with Crippen LogP contribution in [-0.4, -0.2) is 40.7 Å². The minimum absolute atomic E-state index is 0.0967. The number of hydrogen-bond acceptors (Lipinski definition) is 4. The zero-order valence-electron chi connectivity index (χ0n) is 13.5. The topological polar surface area (TPSA) is 47.6 Å². The summed E-state index contributed by atoms with van der Waals surface area (Å²) in [6.07, 6.45) is 0.734. The number of furan rings is 1. The van der Waals surface area contributed by atoms with E-state index in [1.165, 1.54) is 0 Å². The van der Waals surface area contributed by atoms with Crippen LogP contribution in [0.15, 0.2) is 40.8 Å². The van der Waals surface area contributed by atoms with Gasteiger partial charge in [0.2, 0.25) is 0 Å². The van der Waals surface area contributed by atoms with E-state index in [4.69, 9.17) is 33.0 Å². The van der Waals surface area contributed by atoms with Gasteiger partial charge in [0.05, 0.1) is 5.52 Å². The molecule has 7 heteroatoms. The summed E-state index contributed by atoms with van der Waals surface area (Å²) in [5, 5.41) is 1.15. The lowest BCUT2D eigenvalue weighted by Gasteiger charge is -2.15. The van der Waals surface area contributed by atoms with Crippen molar-refractivity contribution in [2.75, 3.05) is 20.3 Å². The Bertz CT molecular complexity index is 974. The first-order valence-corrected chi connectivity index (χ1v) is 8.65. The van der Waals surface area contributed by atoms with Gasteiger partial charge in [-0.25, -0.2) is 0 Å². The monoisotopic (exact) mass is 374 g/mol. The van der Waals surface area contributed by atoms with E-state index in [0.29, 0.717) is 40.3 Å². The molecule has 0 bridgehead atoms. The molecule has 0 radical (unpaired) electrons. The van der Waals surface area contributed by atoms with Gasteiger partial charge in [0.1, 0.15) is 11.5 Å². The molecule has 1 aliphatic rings. The van der Waals surface area contributed by atoms with Gasteiger partial charge < -0.3 is 9.15 Å². The van der Waals surface area contributed by atoms with Crippen molar-refractivity contribution in [3.63, 3.8) is 0 Å². The van der Waals surface area contributed by atoms with Gasteiger partial charge in [0.25, 0.3) is 5.91 Å². The van der Waals surface area contributed by atoms with Crippen molar-refractivity contribution in [2.45, 2.75) is 6.42 Å². The molecular formula is C18H15ClN2O3S. The summed E-state index contributed by atoms with van der Waals surface area (Å²) < 4.78 is 12.7. The minimum atomic E-state index is -0.0967. The van der Waals surface area contributed by atoms with Crippen molar-refractivity contribution in [1.29, 1.82) is 0 Å². The smallest absolute Gasteiger partial charge is 0.277 e. The fraction of sp³-hybridized carbons (Fsp3) is 0.222. The predicted octanol–water partition coefficient (Wildman–Crippen LogP) is 4.18. The van der Waals surface area contributed by atoms with E-state index in [9.17, 15) is 4.79 Å². The highest BCUT2D eigenvalue weighted by atomic mass is 35.5. The van der Waals surface area contributed by atoms with Crippen LogP contribution in [0.2, 0.25) is 5.02 Å². The molecule has 128 valence electrons. The van der Waals surface area contributed by atoms with E-state index in [-0.39, 0.29) is 5.91 Å². The molecule has 3 aromatic rings. The number of carbonyl (C=O) groups is 1. The van der Waals surface area contributed by atoms with Crippen LogP contribution in [0, 0.1) is 0 Å². The van der Waals surface area contributed by atoms with Crippen molar-refractivity contribution < 1.29 is 13.9 Å². The number of halogens is 1. The van der Waals surface area contributed by atoms with Gasteiger partial charge in [0.15, 0.2) is 10.7 Å². The number of carbonyl (C=O) groups excluding carboxylic acids is 1. The van der Waals surface area contributed by atoms with Crippen molar-refractivity contribution in [2.24, 2.45) is 0 Å². The Kier molecular flexibility index (Phi) is 4.11. The van der Waals surface area contributed by atoms with E-state index in [1.807, 2.05) is 30.3 Å². The molecular weight excluding hydrogens is 360 g/mol. The van der Waals surface area contributed by atoms with Crippen LogP contribution in [0.3, 0.4) is 0 Å². The van der Waals surface area contributed by atoms with E-state index >= 15 is 0 Å². The number of fused-ring (bicyclic) bond motifs is 3. The van der Waals surface area contributed by atoms with Gasteiger partial charge in [0, 0.05) is 43.0 Å². The van der Waals surface area contributed by atoms with Crippen molar-refractivity contribution >= 4 is 45.9 Å². The Morgan fingerprint density at radius 2 is 2.00 bits per heavy atom. The lowest BCUT2D eigenvalue weighted by atomic mass is 10.2. The highest BCUT2D eigenvalue weighted by Crippen LogP contribution is 2.33. The van der Waals surface area contributed by atoms with E-state index in [0.717, 1.165) is 17.5 Å². The van der Waals surface area contributed by atoms with Gasteiger partial charge in [-0.1, -0.05) is 11.6 Å². The molecule has 0 fully saturated rings. The maximum atomic E-state index is 12.6. The normalized spacial score (nSPS) is 13.9. The molecule has 0 N–H and O–H groups in total. The molecule has 4 rings (SSSR count). The molecule has 0 spiro atoms. The average molecular weight is 375 g/mol. The summed E-state index contributed by atoms with van der Waals surface area (Å²) in [6, 6.07) is 11.1. The van der Waals surface area contributed by atoms with E-state index < -0.39 is 0 Å². The summed E-state index contributed by atoms with van der Waals surface area (Å²) in [6.45, 7) is 1.12. The molecule has 5 nitrogen and oxygen atoms in total. The van der Waals surface area contributed by atoms with Crippen LogP contribution in [0.25, 0.3) is 22.4 Å². The Morgan fingerprint density at radius 3 is 2.72 bits per heavy atom. The van der Waals surface area contributed by atoms with Crippen LogP contribution in [0.4, 0.5) is 0 Å². The average Bonchev–Trinajstić information content (AvgIpc) is 3.21. The number of methoxy groups -OCH3 is 1. The molecule has 25 heavy (non-hydrogen) atoms. The summed E-state index contributed by atoms with van der Waals surface area (Å²) in [5.74, 6) is 0.616. The number of rotatable bonds is 5. The minimum Gasteiger partial charge on any atom is -0.454 e. The van der Waals surface area contributed by atoms with Gasteiger partial charge >= 0.3 is 0 Å². The number of aromatic nitrogens is 1. The largest absolute Gasteiger partial charge is 0.454 e. The Hall–Kier alpha value is -2.15. The second-order valence-electron chi connectivity index (χ2n) is 5.82. The molecule has 1 aromatic carbocycles. The number of hydrogen-bond donors (Lipinski definition) is 0.